The molecule has 9 aliphatic rings. The molecule has 3 aliphatic heterocycles. The smallest absolute Gasteiger partial charge is 0.225 e. The van der Waals surface area contributed by atoms with Gasteiger partial charge in [0, 0.05) is 56.2 Å². The lowest BCUT2D eigenvalue weighted by atomic mass is 9.28. The number of anilines is 1. The highest BCUT2D eigenvalue weighted by atomic mass is 15.2. The molecule has 0 saturated heterocycles. The molecule has 0 N–H and O–H groups in total. The highest BCUT2D eigenvalue weighted by Gasteiger charge is 2.58. The molecule has 6 atom stereocenters. The quantitative estimate of drug-likeness (QED) is 0.126. The Balaban J connectivity index is 1.09. The molecular weight excluding hydrogens is 880 g/mol. The summed E-state index contributed by atoms with van der Waals surface area (Å²) in [5.74, 6) is 1.64. The molecular formula is C70H81BN2. The van der Waals surface area contributed by atoms with E-state index < -0.39 is 0 Å². The van der Waals surface area contributed by atoms with Crippen molar-refractivity contribution in [2.45, 2.75) is 175 Å². The van der Waals surface area contributed by atoms with Crippen LogP contribution in [0, 0.1) is 28.6 Å². The van der Waals surface area contributed by atoms with Gasteiger partial charge in [0.2, 0.25) is 6.71 Å². The van der Waals surface area contributed by atoms with Crippen molar-refractivity contribution in [2.75, 3.05) is 4.90 Å². The Kier molecular flexibility index (Phi) is 10.8. The Morgan fingerprint density at radius 3 is 2.19 bits per heavy atom. The molecule has 0 radical (unpaired) electrons. The predicted octanol–water partition coefficient (Wildman–Crippen LogP) is 16.5. The maximum atomic E-state index is 3.06. The van der Waals surface area contributed by atoms with Crippen molar-refractivity contribution in [2.24, 2.45) is 28.6 Å². The first-order valence-electron chi connectivity index (χ1n) is 28.8. The molecule has 4 aromatic rings. The standard InChI is InChI=1S/C70H81BN2/c1-66(2,3)50-42-61-63-62(43-50)73-60-35-33-49(68(6,7)45-26-18-13-19-27-45)37-54(60)56-39-52(70(10,11)47-30-22-15-23-31-47)41-58(65(56)73)71(63)57-40-51(69(8,9)46-28-20-14-21-29-46)38-55-53-36-48(32-34-59(53)72(61)64(55)57)67(4,5)44-24-16-12-17-25-44/h12,14-17,20,22-26,28,30,32-33,35-36,38-41,43,47,49-50,59,61,63H,13,18-19,21,27,29,31,34,37,42H2,1-11H3. The molecule has 0 bridgehead atoms. The van der Waals surface area contributed by atoms with Crippen molar-refractivity contribution in [1.82, 2.24) is 4.57 Å². The van der Waals surface area contributed by atoms with Gasteiger partial charge in [-0.25, -0.2) is 0 Å². The summed E-state index contributed by atoms with van der Waals surface area (Å²) in [6, 6.07) is 22.9. The largest absolute Gasteiger partial charge is 0.361 e. The molecule has 3 heteroatoms. The first-order valence-corrected chi connectivity index (χ1v) is 28.8. The number of nitrogens with zero attached hydrogens (tertiary/aromatic N) is 2. The van der Waals surface area contributed by atoms with E-state index in [1.54, 1.807) is 44.6 Å². The van der Waals surface area contributed by atoms with Gasteiger partial charge in [0.25, 0.3) is 0 Å². The van der Waals surface area contributed by atoms with Crippen LogP contribution in [-0.4, -0.2) is 23.4 Å². The summed E-state index contributed by atoms with van der Waals surface area (Å²) in [5.41, 5.74) is 22.9. The summed E-state index contributed by atoms with van der Waals surface area (Å²) in [5, 5.41) is 1.52. The fourth-order valence-electron chi connectivity index (χ4n) is 16.1. The molecule has 0 amide bonds. The van der Waals surface area contributed by atoms with Crippen molar-refractivity contribution in [1.29, 1.82) is 0 Å². The van der Waals surface area contributed by atoms with Crippen LogP contribution in [0.4, 0.5) is 5.69 Å². The fraction of sp³-hybridized carbons (Fsp3) is 0.457. The van der Waals surface area contributed by atoms with E-state index in [4.69, 9.17) is 0 Å². The molecule has 6 unspecified atom stereocenters. The van der Waals surface area contributed by atoms with Crippen molar-refractivity contribution in [3.05, 3.63) is 178 Å². The van der Waals surface area contributed by atoms with Crippen molar-refractivity contribution < 1.29 is 0 Å². The summed E-state index contributed by atoms with van der Waals surface area (Å²) in [7, 11) is 0. The van der Waals surface area contributed by atoms with Gasteiger partial charge >= 0.3 is 0 Å². The zero-order chi connectivity index (χ0) is 50.6. The summed E-state index contributed by atoms with van der Waals surface area (Å²) in [4.78, 5) is 3.06. The van der Waals surface area contributed by atoms with Crippen LogP contribution in [0.2, 0.25) is 5.82 Å². The normalized spacial score (nSPS) is 26.2. The monoisotopic (exact) mass is 961 g/mol. The van der Waals surface area contributed by atoms with Crippen LogP contribution >= 0.6 is 0 Å². The molecule has 0 saturated carbocycles. The first kappa shape index (κ1) is 47.4. The molecule has 73 heavy (non-hydrogen) atoms. The lowest BCUT2D eigenvalue weighted by Gasteiger charge is -2.54. The van der Waals surface area contributed by atoms with E-state index in [-0.39, 0.29) is 33.8 Å². The minimum atomic E-state index is -0.121. The van der Waals surface area contributed by atoms with E-state index >= 15 is 0 Å². The van der Waals surface area contributed by atoms with Crippen LogP contribution in [0.3, 0.4) is 0 Å². The van der Waals surface area contributed by atoms with Crippen LogP contribution in [-0.2, 0) is 22.7 Å². The minimum Gasteiger partial charge on any atom is -0.361 e. The highest BCUT2D eigenvalue weighted by molar-refractivity contribution is 6.91. The van der Waals surface area contributed by atoms with Gasteiger partial charge in [-0.05, 0) is 161 Å². The summed E-state index contributed by atoms with van der Waals surface area (Å²) in [6.07, 6.45) is 44.4. The van der Waals surface area contributed by atoms with Gasteiger partial charge < -0.3 is 9.47 Å². The van der Waals surface area contributed by atoms with Crippen molar-refractivity contribution in [3.63, 3.8) is 0 Å². The summed E-state index contributed by atoms with van der Waals surface area (Å²) < 4.78 is 2.89. The van der Waals surface area contributed by atoms with Gasteiger partial charge in [0.1, 0.15) is 0 Å². The van der Waals surface area contributed by atoms with Gasteiger partial charge in [0.05, 0.1) is 6.04 Å². The molecule has 1 aromatic heterocycles. The van der Waals surface area contributed by atoms with E-state index in [0.717, 1.165) is 32.1 Å². The van der Waals surface area contributed by atoms with E-state index in [1.165, 1.54) is 76.5 Å². The van der Waals surface area contributed by atoms with Gasteiger partial charge in [0.15, 0.2) is 0 Å². The molecule has 0 spiro atoms. The van der Waals surface area contributed by atoms with Gasteiger partial charge in [-0.3, -0.25) is 0 Å². The Morgan fingerprint density at radius 1 is 0.658 bits per heavy atom. The fourth-order valence-corrected chi connectivity index (χ4v) is 16.1. The second-order valence-electron chi connectivity index (χ2n) is 27.4. The molecule has 6 aliphatic carbocycles. The topological polar surface area (TPSA) is 8.17 Å². The maximum absolute atomic E-state index is 3.06. The number of hydrogen-bond donors (Lipinski definition) is 0. The zero-order valence-corrected chi connectivity index (χ0v) is 46.2. The molecule has 374 valence electrons. The minimum absolute atomic E-state index is 0.0583. The van der Waals surface area contributed by atoms with Gasteiger partial charge in [-0.15, -0.1) is 0 Å². The SMILES string of the molecule is CC(C)(C1=CCC2C(=C1)c1cc(C(C)(C)C3=CC=CCC3)cc3c1N2C1CC(C(C)(C)C)C=C2C1B3c1cc(C(C)(C)C3C=CC=CC3)cc3c4c(n2c13)C=CC(C(C)(C)C1=CCCCC1)C4)c1ccccc1. The first-order chi connectivity index (χ1) is 34.9. The van der Waals surface area contributed by atoms with Crippen molar-refractivity contribution in [3.8, 4) is 0 Å². The third kappa shape index (κ3) is 7.08. The van der Waals surface area contributed by atoms with Crippen LogP contribution in [0.15, 0.2) is 144 Å². The van der Waals surface area contributed by atoms with E-state index in [0.29, 0.717) is 35.7 Å². The highest BCUT2D eigenvalue weighted by Crippen LogP contribution is 2.60. The Morgan fingerprint density at radius 2 is 1.47 bits per heavy atom. The summed E-state index contributed by atoms with van der Waals surface area (Å²) >= 11 is 0. The average molecular weight is 961 g/mol. The molecule has 2 nitrogen and oxygen atoms in total. The van der Waals surface area contributed by atoms with Crippen LogP contribution in [0.1, 0.15) is 167 Å². The van der Waals surface area contributed by atoms with Crippen LogP contribution in [0.25, 0.3) is 28.2 Å². The van der Waals surface area contributed by atoms with E-state index in [1.807, 2.05) is 0 Å². The molecule has 0 fully saturated rings. The number of benzene rings is 3. The van der Waals surface area contributed by atoms with Crippen molar-refractivity contribution >= 4 is 51.6 Å². The average Bonchev–Trinajstić information content (AvgIpc) is 3.93. The maximum Gasteiger partial charge on any atom is 0.225 e. The Bertz CT molecular complexity index is 3260. The second-order valence-corrected chi connectivity index (χ2v) is 27.4. The number of fused-ring (bicyclic) bond motifs is 10. The van der Waals surface area contributed by atoms with E-state index in [2.05, 4.69) is 219 Å². The third-order valence-corrected chi connectivity index (χ3v) is 21.3. The van der Waals surface area contributed by atoms with Crippen LogP contribution < -0.4 is 15.8 Å². The number of allylic oxidation sites excluding steroid dienone is 14. The number of aromatic nitrogens is 1. The third-order valence-electron chi connectivity index (χ3n) is 21.3. The lowest BCUT2D eigenvalue weighted by molar-refractivity contribution is 0.250. The molecule has 3 aromatic carbocycles. The van der Waals surface area contributed by atoms with Crippen LogP contribution in [0.5, 0.6) is 0 Å². The molecule has 13 rings (SSSR count). The number of rotatable bonds is 8. The van der Waals surface area contributed by atoms with E-state index in [9.17, 15) is 0 Å². The second kappa shape index (κ2) is 16.6. The predicted molar refractivity (Wildman–Crippen MR) is 315 cm³/mol. The number of hydrogen-bond acceptors (Lipinski definition) is 1. The van der Waals surface area contributed by atoms with Gasteiger partial charge in [-0.2, -0.15) is 0 Å². The van der Waals surface area contributed by atoms with Gasteiger partial charge in [-0.1, -0.05) is 203 Å². The lowest BCUT2D eigenvalue weighted by Crippen LogP contribution is -2.64. The summed E-state index contributed by atoms with van der Waals surface area (Å²) in [6.45, 7) is 28.0. The molecule has 4 heterocycles. The zero-order valence-electron chi connectivity index (χ0n) is 46.2. The Labute approximate surface area is 439 Å². The Hall–Kier alpha value is -5.28.